The summed E-state index contributed by atoms with van der Waals surface area (Å²) in [5.41, 5.74) is 5.91. The first kappa shape index (κ1) is 12.3. The Balaban J connectivity index is 1.90. The molecule has 7 heteroatoms. The number of nitrogens with two attached hydrogens (primary N) is 1. The number of aromatic nitrogens is 2. The van der Waals surface area contributed by atoms with E-state index in [1.54, 1.807) is 11.3 Å². The Morgan fingerprint density at radius 3 is 2.76 bits per heavy atom. The highest BCUT2D eigenvalue weighted by Crippen LogP contribution is 2.11. The first-order valence-corrected chi connectivity index (χ1v) is 6.55. The Hall–Kier alpha value is -1.21. The lowest BCUT2D eigenvalue weighted by Crippen LogP contribution is -2.44. The maximum absolute atomic E-state index is 5.91. The van der Waals surface area contributed by atoms with E-state index in [1.807, 2.05) is 4.90 Å². The predicted octanol–water partition coefficient (Wildman–Crippen LogP) is 0.247. The van der Waals surface area contributed by atoms with Gasteiger partial charge in [0.05, 0.1) is 19.8 Å². The topological polar surface area (TPSA) is 76.6 Å². The van der Waals surface area contributed by atoms with Gasteiger partial charge in [-0.1, -0.05) is 18.3 Å². The van der Waals surface area contributed by atoms with Crippen molar-refractivity contribution < 1.29 is 4.74 Å². The summed E-state index contributed by atoms with van der Waals surface area (Å²) in [5.74, 6) is 0.571. The quantitative estimate of drug-likeness (QED) is 0.619. The van der Waals surface area contributed by atoms with E-state index in [-0.39, 0.29) is 0 Å². The molecule has 1 aromatic heterocycles. The molecule has 1 aliphatic heterocycles. The van der Waals surface area contributed by atoms with Crippen molar-refractivity contribution in [1.29, 1.82) is 0 Å². The van der Waals surface area contributed by atoms with E-state index in [1.165, 1.54) is 0 Å². The summed E-state index contributed by atoms with van der Waals surface area (Å²) in [7, 11) is 0. The molecule has 0 unspecified atom stereocenters. The average Bonchev–Trinajstić information content (AvgIpc) is 2.85. The van der Waals surface area contributed by atoms with Gasteiger partial charge in [0.25, 0.3) is 0 Å². The van der Waals surface area contributed by atoms with Crippen molar-refractivity contribution in [2.75, 3.05) is 26.3 Å². The van der Waals surface area contributed by atoms with Crippen LogP contribution in [0.25, 0.3) is 0 Å². The molecular formula is C10H17N5OS. The normalized spacial score (nSPS) is 17.5. The number of morpholine rings is 1. The van der Waals surface area contributed by atoms with Crippen LogP contribution in [0.4, 0.5) is 0 Å². The maximum Gasteiger partial charge on any atom is 0.191 e. The lowest BCUT2D eigenvalue weighted by molar-refractivity contribution is 0.0674. The number of rotatable bonds is 3. The summed E-state index contributed by atoms with van der Waals surface area (Å²) in [4.78, 5) is 6.37. The third kappa shape index (κ3) is 3.37. The fraction of sp³-hybridized carbons (Fsp3) is 0.700. The van der Waals surface area contributed by atoms with E-state index in [9.17, 15) is 0 Å². The molecule has 2 heterocycles. The van der Waals surface area contributed by atoms with Gasteiger partial charge in [0.2, 0.25) is 0 Å². The minimum Gasteiger partial charge on any atom is -0.378 e. The molecule has 0 amide bonds. The largest absolute Gasteiger partial charge is 0.378 e. The summed E-state index contributed by atoms with van der Waals surface area (Å²) in [5, 5.41) is 10.1. The van der Waals surface area contributed by atoms with Crippen LogP contribution in [0.2, 0.25) is 0 Å². The molecule has 0 saturated carbocycles. The molecule has 0 aliphatic carbocycles. The average molecular weight is 255 g/mol. The van der Waals surface area contributed by atoms with Gasteiger partial charge >= 0.3 is 0 Å². The molecule has 17 heavy (non-hydrogen) atoms. The molecule has 0 radical (unpaired) electrons. The van der Waals surface area contributed by atoms with Crippen molar-refractivity contribution >= 4 is 17.3 Å². The van der Waals surface area contributed by atoms with Gasteiger partial charge in [-0.05, 0) is 6.42 Å². The number of aryl methyl sites for hydroxylation is 1. The second kappa shape index (κ2) is 5.92. The molecule has 0 atom stereocenters. The lowest BCUT2D eigenvalue weighted by Gasteiger charge is -2.27. The standard InChI is InChI=1S/C10H17N5OS/c1-2-8-13-14-9(17-8)7-12-10(11)15-3-5-16-6-4-15/h2-7H2,1H3,(H2,11,12). The van der Waals surface area contributed by atoms with Gasteiger partial charge in [0.15, 0.2) is 5.96 Å². The second-order valence-corrected chi connectivity index (χ2v) is 4.86. The SMILES string of the molecule is CCc1nnc(CN=C(N)N2CCOCC2)s1. The van der Waals surface area contributed by atoms with Crippen LogP contribution in [0.15, 0.2) is 4.99 Å². The number of guanidine groups is 1. The Morgan fingerprint density at radius 1 is 1.41 bits per heavy atom. The molecule has 2 rings (SSSR count). The van der Waals surface area contributed by atoms with Crippen LogP contribution in [-0.4, -0.2) is 47.4 Å². The van der Waals surface area contributed by atoms with Gasteiger partial charge in [0.1, 0.15) is 10.0 Å². The molecule has 2 N–H and O–H groups in total. The van der Waals surface area contributed by atoms with Crippen LogP contribution < -0.4 is 5.73 Å². The van der Waals surface area contributed by atoms with Crippen molar-refractivity contribution in [2.45, 2.75) is 19.9 Å². The second-order valence-electron chi connectivity index (χ2n) is 3.72. The smallest absolute Gasteiger partial charge is 0.191 e. The summed E-state index contributed by atoms with van der Waals surface area (Å²) in [6.45, 7) is 5.64. The monoisotopic (exact) mass is 255 g/mol. The summed E-state index contributed by atoms with van der Waals surface area (Å²) in [6.07, 6.45) is 0.917. The van der Waals surface area contributed by atoms with Crippen molar-refractivity contribution in [3.05, 3.63) is 10.0 Å². The number of hydrogen-bond donors (Lipinski definition) is 1. The minimum atomic E-state index is 0.515. The van der Waals surface area contributed by atoms with Crippen LogP contribution in [0, 0.1) is 0 Å². The van der Waals surface area contributed by atoms with E-state index < -0.39 is 0 Å². The van der Waals surface area contributed by atoms with Crippen molar-refractivity contribution in [1.82, 2.24) is 15.1 Å². The highest BCUT2D eigenvalue weighted by Gasteiger charge is 2.12. The number of ether oxygens (including phenoxy) is 1. The molecule has 1 aliphatic rings. The number of hydrogen-bond acceptors (Lipinski definition) is 5. The maximum atomic E-state index is 5.91. The Bertz CT molecular complexity index is 386. The molecule has 1 fully saturated rings. The number of nitrogens with zero attached hydrogens (tertiary/aromatic N) is 4. The summed E-state index contributed by atoms with van der Waals surface area (Å²) < 4.78 is 5.26. The van der Waals surface area contributed by atoms with Crippen molar-refractivity contribution in [3.8, 4) is 0 Å². The Labute approximate surface area is 105 Å². The van der Waals surface area contributed by atoms with E-state index in [4.69, 9.17) is 10.5 Å². The molecule has 94 valence electrons. The molecule has 0 spiro atoms. The van der Waals surface area contributed by atoms with E-state index in [0.717, 1.165) is 42.7 Å². The molecule has 0 bridgehead atoms. The highest BCUT2D eigenvalue weighted by molar-refractivity contribution is 7.11. The fourth-order valence-electron chi connectivity index (χ4n) is 1.54. The molecule has 0 aromatic carbocycles. The first-order valence-electron chi connectivity index (χ1n) is 5.73. The van der Waals surface area contributed by atoms with Gasteiger partial charge in [-0.2, -0.15) is 0 Å². The summed E-state index contributed by atoms with van der Waals surface area (Å²) in [6, 6.07) is 0. The molecule has 1 aromatic rings. The molecular weight excluding hydrogens is 238 g/mol. The zero-order valence-corrected chi connectivity index (χ0v) is 10.7. The van der Waals surface area contributed by atoms with Gasteiger partial charge in [-0.25, -0.2) is 4.99 Å². The van der Waals surface area contributed by atoms with Crippen LogP contribution in [0.5, 0.6) is 0 Å². The Kier molecular flexibility index (Phi) is 4.27. The van der Waals surface area contributed by atoms with E-state index in [2.05, 4.69) is 22.1 Å². The van der Waals surface area contributed by atoms with Gasteiger partial charge in [-0.3, -0.25) is 0 Å². The summed E-state index contributed by atoms with van der Waals surface area (Å²) >= 11 is 1.59. The van der Waals surface area contributed by atoms with Crippen LogP contribution >= 0.6 is 11.3 Å². The zero-order chi connectivity index (χ0) is 12.1. The number of aliphatic imine (C=N–C) groups is 1. The van der Waals surface area contributed by atoms with Gasteiger partial charge < -0.3 is 15.4 Å². The van der Waals surface area contributed by atoms with Crippen LogP contribution in [0.3, 0.4) is 0 Å². The lowest BCUT2D eigenvalue weighted by atomic mass is 10.4. The molecule has 6 nitrogen and oxygen atoms in total. The van der Waals surface area contributed by atoms with Crippen molar-refractivity contribution in [2.24, 2.45) is 10.7 Å². The minimum absolute atomic E-state index is 0.515. The highest BCUT2D eigenvalue weighted by atomic mass is 32.1. The van der Waals surface area contributed by atoms with E-state index in [0.29, 0.717) is 12.5 Å². The first-order chi connectivity index (χ1) is 8.29. The van der Waals surface area contributed by atoms with E-state index >= 15 is 0 Å². The fourth-order valence-corrected chi connectivity index (χ4v) is 2.24. The van der Waals surface area contributed by atoms with Crippen molar-refractivity contribution in [3.63, 3.8) is 0 Å². The zero-order valence-electron chi connectivity index (χ0n) is 9.93. The van der Waals surface area contributed by atoms with Gasteiger partial charge in [-0.15, -0.1) is 10.2 Å². The van der Waals surface area contributed by atoms with Crippen LogP contribution in [0.1, 0.15) is 16.9 Å². The van der Waals surface area contributed by atoms with Gasteiger partial charge in [0, 0.05) is 13.1 Å². The molecule has 1 saturated heterocycles. The third-order valence-electron chi connectivity index (χ3n) is 2.52. The Morgan fingerprint density at radius 2 is 2.12 bits per heavy atom. The predicted molar refractivity (Wildman–Crippen MR) is 67.0 cm³/mol. The third-order valence-corrected chi connectivity index (χ3v) is 3.57. The van der Waals surface area contributed by atoms with Crippen LogP contribution in [-0.2, 0) is 17.7 Å².